The molecule has 0 aromatic heterocycles. The quantitative estimate of drug-likeness (QED) is 0.842. The van der Waals surface area contributed by atoms with E-state index in [4.69, 9.17) is 5.73 Å². The maximum absolute atomic E-state index is 6.23. The van der Waals surface area contributed by atoms with Crippen molar-refractivity contribution in [3.8, 4) is 0 Å². The van der Waals surface area contributed by atoms with Gasteiger partial charge in [0.1, 0.15) is 0 Å². The maximum atomic E-state index is 6.23. The van der Waals surface area contributed by atoms with Gasteiger partial charge in [0.2, 0.25) is 0 Å². The molecule has 3 atom stereocenters. The average molecular weight is 256 g/mol. The second-order valence-electron chi connectivity index (χ2n) is 5.79. The molecule has 0 aromatic rings. The smallest absolute Gasteiger partial charge is 0.0360 e. The highest BCUT2D eigenvalue weighted by molar-refractivity contribution is 7.99. The second kappa shape index (κ2) is 5.94. The van der Waals surface area contributed by atoms with E-state index < -0.39 is 0 Å². The van der Waals surface area contributed by atoms with Gasteiger partial charge in [0.15, 0.2) is 0 Å². The van der Waals surface area contributed by atoms with E-state index in [0.29, 0.717) is 5.54 Å². The molecule has 3 heteroatoms. The molecular formula is C14H28N2S. The molecule has 2 N–H and O–H groups in total. The van der Waals surface area contributed by atoms with Crippen LogP contribution in [0.15, 0.2) is 0 Å². The number of nitrogens with two attached hydrogens (primary N) is 1. The lowest BCUT2D eigenvalue weighted by molar-refractivity contribution is 0.00707. The van der Waals surface area contributed by atoms with Gasteiger partial charge in [-0.1, -0.05) is 33.1 Å². The van der Waals surface area contributed by atoms with E-state index in [1.54, 1.807) is 0 Å². The number of hydrogen-bond donors (Lipinski definition) is 1. The van der Waals surface area contributed by atoms with Gasteiger partial charge in [-0.15, -0.1) is 0 Å². The van der Waals surface area contributed by atoms with E-state index >= 15 is 0 Å². The first-order chi connectivity index (χ1) is 8.23. The zero-order valence-corrected chi connectivity index (χ0v) is 12.3. The summed E-state index contributed by atoms with van der Waals surface area (Å²) in [6.45, 7) is 8.08. The van der Waals surface area contributed by atoms with E-state index in [-0.39, 0.29) is 0 Å². The van der Waals surface area contributed by atoms with Crippen LogP contribution < -0.4 is 5.73 Å². The van der Waals surface area contributed by atoms with Gasteiger partial charge in [0, 0.05) is 36.2 Å². The molecule has 2 nitrogen and oxygen atoms in total. The summed E-state index contributed by atoms with van der Waals surface area (Å²) in [5.74, 6) is 2.12. The Hall–Kier alpha value is 0.270. The summed E-state index contributed by atoms with van der Waals surface area (Å²) >= 11 is 2.12. The predicted octanol–water partition coefficient (Wildman–Crippen LogP) is 2.72. The number of rotatable bonds is 3. The zero-order chi connectivity index (χ0) is 12.3. The second-order valence-corrected chi connectivity index (χ2v) is 7.33. The molecule has 1 saturated heterocycles. The van der Waals surface area contributed by atoms with Crippen molar-refractivity contribution in [1.29, 1.82) is 0 Å². The van der Waals surface area contributed by atoms with Crippen molar-refractivity contribution < 1.29 is 0 Å². The van der Waals surface area contributed by atoms with Crippen LogP contribution in [0.5, 0.6) is 0 Å². The molecule has 0 bridgehead atoms. The van der Waals surface area contributed by atoms with E-state index in [2.05, 4.69) is 30.5 Å². The molecule has 2 aliphatic rings. The van der Waals surface area contributed by atoms with Crippen LogP contribution in [0.3, 0.4) is 0 Å². The minimum atomic E-state index is 0.336. The third kappa shape index (κ3) is 2.66. The third-order valence-electron chi connectivity index (χ3n) is 4.89. The number of nitrogens with zero attached hydrogens (tertiary/aromatic N) is 1. The van der Waals surface area contributed by atoms with Crippen LogP contribution in [0.4, 0.5) is 0 Å². The lowest BCUT2D eigenvalue weighted by Gasteiger charge is -2.53. The van der Waals surface area contributed by atoms with E-state index in [1.165, 1.54) is 50.9 Å². The average Bonchev–Trinajstić information content (AvgIpc) is 2.38. The normalized spacial score (nSPS) is 40.4. The van der Waals surface area contributed by atoms with Crippen LogP contribution in [0.2, 0.25) is 0 Å². The van der Waals surface area contributed by atoms with Gasteiger partial charge < -0.3 is 5.73 Å². The van der Waals surface area contributed by atoms with Crippen molar-refractivity contribution in [2.45, 2.75) is 56.7 Å². The van der Waals surface area contributed by atoms with Gasteiger partial charge in [-0.2, -0.15) is 11.8 Å². The van der Waals surface area contributed by atoms with Crippen LogP contribution in [0.1, 0.15) is 46.0 Å². The van der Waals surface area contributed by atoms with Gasteiger partial charge in [-0.3, -0.25) is 4.90 Å². The maximum Gasteiger partial charge on any atom is 0.0360 e. The van der Waals surface area contributed by atoms with Crippen molar-refractivity contribution >= 4 is 11.8 Å². The molecule has 1 aliphatic carbocycles. The molecule has 3 unspecified atom stereocenters. The summed E-state index contributed by atoms with van der Waals surface area (Å²) in [7, 11) is 0. The molecule has 100 valence electrons. The van der Waals surface area contributed by atoms with Crippen molar-refractivity contribution in [2.75, 3.05) is 25.4 Å². The van der Waals surface area contributed by atoms with Crippen molar-refractivity contribution in [1.82, 2.24) is 4.90 Å². The molecule has 17 heavy (non-hydrogen) atoms. The summed E-state index contributed by atoms with van der Waals surface area (Å²) in [4.78, 5) is 2.75. The summed E-state index contributed by atoms with van der Waals surface area (Å²) in [5, 5.41) is 0.784. The van der Waals surface area contributed by atoms with Crippen molar-refractivity contribution in [3.05, 3.63) is 0 Å². The highest BCUT2D eigenvalue weighted by atomic mass is 32.2. The lowest BCUT2D eigenvalue weighted by atomic mass is 9.70. The van der Waals surface area contributed by atoms with Crippen LogP contribution in [0, 0.1) is 5.92 Å². The zero-order valence-electron chi connectivity index (χ0n) is 11.5. The molecule has 0 radical (unpaired) electrons. The molecule has 0 spiro atoms. The van der Waals surface area contributed by atoms with Gasteiger partial charge in [-0.05, 0) is 18.8 Å². The molecule has 0 aromatic carbocycles. The monoisotopic (exact) mass is 256 g/mol. The fraction of sp³-hybridized carbons (Fsp3) is 1.00. The lowest BCUT2D eigenvalue weighted by Crippen LogP contribution is -2.62. The van der Waals surface area contributed by atoms with Crippen LogP contribution in [-0.2, 0) is 0 Å². The molecule has 2 rings (SSSR count). The van der Waals surface area contributed by atoms with Gasteiger partial charge >= 0.3 is 0 Å². The standard InChI is InChI=1S/C14H28N2S/c1-3-13-6-4-5-7-14(13,11-15)16-8-9-17-12(2)10-16/h12-13H,3-11,15H2,1-2H3. The Kier molecular flexibility index (Phi) is 4.79. The largest absolute Gasteiger partial charge is 0.329 e. The first kappa shape index (κ1) is 13.7. The van der Waals surface area contributed by atoms with E-state index in [9.17, 15) is 0 Å². The number of hydrogen-bond acceptors (Lipinski definition) is 3. The minimum absolute atomic E-state index is 0.336. The van der Waals surface area contributed by atoms with Crippen LogP contribution in [-0.4, -0.2) is 41.1 Å². The van der Waals surface area contributed by atoms with Crippen molar-refractivity contribution in [3.63, 3.8) is 0 Å². The van der Waals surface area contributed by atoms with E-state index in [0.717, 1.165) is 17.7 Å². The fourth-order valence-corrected chi connectivity index (χ4v) is 4.93. The summed E-state index contributed by atoms with van der Waals surface area (Å²) in [6.07, 6.45) is 6.82. The Morgan fingerprint density at radius 1 is 1.41 bits per heavy atom. The Balaban J connectivity index is 2.15. The van der Waals surface area contributed by atoms with E-state index in [1.807, 2.05) is 0 Å². The fourth-order valence-electron chi connectivity index (χ4n) is 3.92. The predicted molar refractivity (Wildman–Crippen MR) is 77.5 cm³/mol. The Bertz CT molecular complexity index is 246. The molecule has 1 heterocycles. The topological polar surface area (TPSA) is 29.3 Å². The minimum Gasteiger partial charge on any atom is -0.329 e. The molecule has 2 fully saturated rings. The molecular weight excluding hydrogens is 228 g/mol. The number of thioether (sulfide) groups is 1. The molecule has 0 amide bonds. The molecule has 1 saturated carbocycles. The molecule has 1 aliphatic heterocycles. The van der Waals surface area contributed by atoms with Crippen LogP contribution >= 0.6 is 11.8 Å². The summed E-state index contributed by atoms with van der Waals surface area (Å²) < 4.78 is 0. The summed E-state index contributed by atoms with van der Waals surface area (Å²) in [5.41, 5.74) is 6.57. The van der Waals surface area contributed by atoms with Gasteiger partial charge in [0.05, 0.1) is 0 Å². The first-order valence-corrected chi connectivity index (χ1v) is 8.34. The summed E-state index contributed by atoms with van der Waals surface area (Å²) in [6, 6.07) is 0. The van der Waals surface area contributed by atoms with Crippen LogP contribution in [0.25, 0.3) is 0 Å². The third-order valence-corrected chi connectivity index (χ3v) is 6.03. The highest BCUT2D eigenvalue weighted by Crippen LogP contribution is 2.41. The Morgan fingerprint density at radius 2 is 2.24 bits per heavy atom. The SMILES string of the molecule is CCC1CCCCC1(CN)N1CCSC(C)C1. The first-order valence-electron chi connectivity index (χ1n) is 7.29. The Morgan fingerprint density at radius 3 is 2.88 bits per heavy atom. The highest BCUT2D eigenvalue weighted by Gasteiger charge is 2.44. The van der Waals surface area contributed by atoms with Crippen molar-refractivity contribution in [2.24, 2.45) is 11.7 Å². The Labute approximate surface area is 111 Å². The van der Waals surface area contributed by atoms with Gasteiger partial charge in [-0.25, -0.2) is 0 Å². The van der Waals surface area contributed by atoms with Gasteiger partial charge in [0.25, 0.3) is 0 Å².